The largest absolute Gasteiger partial charge is 0.463 e. The summed E-state index contributed by atoms with van der Waals surface area (Å²) in [6.07, 6.45) is 8.12. The Balaban J connectivity index is 1.34. The Morgan fingerprint density at radius 2 is 1.92 bits per heavy atom. The van der Waals surface area contributed by atoms with Crippen LogP contribution >= 0.6 is 0 Å². The fourth-order valence-corrected chi connectivity index (χ4v) is 5.42. The van der Waals surface area contributed by atoms with E-state index in [2.05, 4.69) is 10.4 Å². The van der Waals surface area contributed by atoms with Crippen molar-refractivity contribution >= 4 is 11.8 Å². The Hall–Kier alpha value is -3.75. The molecule has 2 amide bonds. The van der Waals surface area contributed by atoms with Crippen molar-refractivity contribution in [3.05, 3.63) is 53.9 Å². The lowest BCUT2D eigenvalue weighted by Crippen LogP contribution is -2.64. The van der Waals surface area contributed by atoms with E-state index in [0.717, 1.165) is 31.2 Å². The van der Waals surface area contributed by atoms with E-state index < -0.39 is 5.54 Å². The van der Waals surface area contributed by atoms with Crippen molar-refractivity contribution in [2.24, 2.45) is 0 Å². The Morgan fingerprint density at radius 3 is 2.69 bits per heavy atom. The van der Waals surface area contributed by atoms with Crippen LogP contribution in [-0.2, 0) is 17.9 Å². The summed E-state index contributed by atoms with van der Waals surface area (Å²) in [5, 5.41) is 7.91. The van der Waals surface area contributed by atoms with E-state index in [-0.39, 0.29) is 37.7 Å². The zero-order valence-electron chi connectivity index (χ0n) is 20.4. The maximum atomic E-state index is 13.9. The number of nitrogens with one attached hydrogen (secondary N) is 1. The fraction of sp³-hybridized carbons (Fsp3) is 0.444. The van der Waals surface area contributed by atoms with E-state index in [4.69, 9.17) is 13.9 Å². The molecule has 1 aromatic carbocycles. The van der Waals surface area contributed by atoms with Gasteiger partial charge >= 0.3 is 0 Å². The van der Waals surface area contributed by atoms with Crippen molar-refractivity contribution in [3.8, 4) is 23.0 Å². The fourth-order valence-electron chi connectivity index (χ4n) is 5.42. The quantitative estimate of drug-likeness (QED) is 0.540. The molecule has 2 aromatic heterocycles. The van der Waals surface area contributed by atoms with Crippen LogP contribution in [0.5, 0.6) is 11.5 Å². The van der Waals surface area contributed by atoms with Crippen molar-refractivity contribution in [3.63, 3.8) is 0 Å². The van der Waals surface area contributed by atoms with Crippen LogP contribution in [0.1, 0.15) is 61.5 Å². The molecule has 188 valence electrons. The molecule has 1 saturated carbocycles. The molecule has 0 spiro atoms. The number of carbonyl (C=O) groups is 2. The van der Waals surface area contributed by atoms with E-state index in [1.54, 1.807) is 34.0 Å². The minimum absolute atomic E-state index is 0.122. The van der Waals surface area contributed by atoms with Crippen LogP contribution in [0.15, 0.2) is 47.1 Å². The highest BCUT2D eigenvalue weighted by Gasteiger charge is 2.48. The van der Waals surface area contributed by atoms with Crippen LogP contribution in [0.4, 0.5) is 0 Å². The molecule has 6 rings (SSSR count). The average Bonchev–Trinajstić information content (AvgIpc) is 3.60. The van der Waals surface area contributed by atoms with E-state index in [9.17, 15) is 9.59 Å². The molecule has 4 heterocycles. The zero-order chi connectivity index (χ0) is 24.7. The van der Waals surface area contributed by atoms with Gasteiger partial charge in [-0.3, -0.25) is 14.3 Å². The van der Waals surface area contributed by atoms with Gasteiger partial charge in [-0.2, -0.15) is 5.10 Å². The maximum absolute atomic E-state index is 13.9. The SMILES string of the molecule is C[C@]1(C(=O)NC2CCCCCC2)Cn2nc(-c3ccco3)cc2C(=O)N1Cc1ccc2c(c1)OCO2. The lowest BCUT2D eigenvalue weighted by Gasteiger charge is -2.44. The van der Waals surface area contributed by atoms with Gasteiger partial charge in [0.1, 0.15) is 16.9 Å². The number of rotatable bonds is 5. The van der Waals surface area contributed by atoms with Gasteiger partial charge in [-0.1, -0.05) is 31.7 Å². The lowest BCUT2D eigenvalue weighted by atomic mass is 9.93. The third kappa shape index (κ3) is 4.02. The zero-order valence-corrected chi connectivity index (χ0v) is 20.4. The maximum Gasteiger partial charge on any atom is 0.273 e. The first-order valence-electron chi connectivity index (χ1n) is 12.6. The molecule has 36 heavy (non-hydrogen) atoms. The molecule has 0 saturated heterocycles. The molecule has 0 radical (unpaired) electrons. The van der Waals surface area contributed by atoms with Crippen molar-refractivity contribution < 1.29 is 23.5 Å². The normalized spacial score (nSPS) is 21.8. The number of fused-ring (bicyclic) bond motifs is 2. The van der Waals surface area contributed by atoms with Gasteiger partial charge in [0.15, 0.2) is 17.3 Å². The minimum atomic E-state index is -1.13. The molecule has 1 atom stereocenters. The molecule has 9 nitrogen and oxygen atoms in total. The number of nitrogens with zero attached hydrogens (tertiary/aromatic N) is 3. The molecule has 9 heteroatoms. The molecule has 0 unspecified atom stereocenters. The molecule has 1 N–H and O–H groups in total. The number of carbonyl (C=O) groups excluding carboxylic acids is 2. The second-order valence-corrected chi connectivity index (χ2v) is 10.1. The molecule has 3 aliphatic rings. The number of benzene rings is 1. The molecule has 2 aliphatic heterocycles. The van der Waals surface area contributed by atoms with E-state index in [1.165, 1.54) is 12.8 Å². The summed E-state index contributed by atoms with van der Waals surface area (Å²) < 4.78 is 18.1. The number of aromatic nitrogens is 2. The van der Waals surface area contributed by atoms with Crippen LogP contribution in [0.2, 0.25) is 0 Å². The van der Waals surface area contributed by atoms with E-state index in [1.807, 2.05) is 25.1 Å². The van der Waals surface area contributed by atoms with Gasteiger partial charge < -0.3 is 24.1 Å². The first-order chi connectivity index (χ1) is 17.5. The van der Waals surface area contributed by atoms with E-state index in [0.29, 0.717) is 28.6 Å². The summed E-state index contributed by atoms with van der Waals surface area (Å²) in [7, 11) is 0. The summed E-state index contributed by atoms with van der Waals surface area (Å²) in [5.41, 5.74) is 0.737. The number of hydrogen-bond acceptors (Lipinski definition) is 6. The monoisotopic (exact) mass is 490 g/mol. The first-order valence-corrected chi connectivity index (χ1v) is 12.6. The van der Waals surface area contributed by atoms with Crippen LogP contribution in [0.25, 0.3) is 11.5 Å². The summed E-state index contributed by atoms with van der Waals surface area (Å²) in [6.45, 7) is 2.52. The van der Waals surface area contributed by atoms with Gasteiger partial charge in [0.05, 0.1) is 12.8 Å². The van der Waals surface area contributed by atoms with E-state index >= 15 is 0 Å². The Labute approximate surface area is 209 Å². The Kier molecular flexibility index (Phi) is 5.70. The van der Waals surface area contributed by atoms with Gasteiger partial charge in [-0.05, 0) is 49.6 Å². The highest BCUT2D eigenvalue weighted by Crippen LogP contribution is 2.36. The van der Waals surface area contributed by atoms with Gasteiger partial charge in [-0.15, -0.1) is 0 Å². The standard InChI is InChI=1S/C27H30N4O5/c1-27(26(33)28-19-7-4-2-3-5-8-19)16-31-21(14-20(29-31)22-9-6-12-34-22)25(32)30(27)15-18-10-11-23-24(13-18)36-17-35-23/h6,9-14,19H,2-5,7-8,15-17H2,1H3,(H,28,33)/t27-/m1/s1. The van der Waals surface area contributed by atoms with Gasteiger partial charge in [0, 0.05) is 18.7 Å². The summed E-state index contributed by atoms with van der Waals surface area (Å²) in [5.74, 6) is 1.51. The predicted octanol–water partition coefficient (Wildman–Crippen LogP) is 4.13. The summed E-state index contributed by atoms with van der Waals surface area (Å²) in [4.78, 5) is 29.4. The first kappa shape index (κ1) is 22.7. The Morgan fingerprint density at radius 1 is 1.11 bits per heavy atom. The van der Waals surface area contributed by atoms with Crippen molar-refractivity contribution in [2.45, 2.75) is 70.1 Å². The summed E-state index contributed by atoms with van der Waals surface area (Å²) in [6, 6.07) is 11.1. The number of hydrogen-bond donors (Lipinski definition) is 1. The number of amides is 2. The molecule has 3 aromatic rings. The van der Waals surface area contributed by atoms with Crippen molar-refractivity contribution in [1.82, 2.24) is 20.0 Å². The van der Waals surface area contributed by atoms with Gasteiger partial charge in [-0.25, -0.2) is 0 Å². The van der Waals surface area contributed by atoms with Crippen LogP contribution in [0.3, 0.4) is 0 Å². The molecule has 1 fully saturated rings. The molecular weight excluding hydrogens is 460 g/mol. The minimum Gasteiger partial charge on any atom is -0.463 e. The highest BCUT2D eigenvalue weighted by molar-refractivity contribution is 6.00. The molecule has 1 aliphatic carbocycles. The van der Waals surface area contributed by atoms with Crippen molar-refractivity contribution in [1.29, 1.82) is 0 Å². The van der Waals surface area contributed by atoms with Crippen LogP contribution in [-0.4, -0.2) is 44.9 Å². The number of ether oxygens (including phenoxy) is 2. The van der Waals surface area contributed by atoms with Gasteiger partial charge in [0.2, 0.25) is 12.7 Å². The molecule has 0 bridgehead atoms. The topological polar surface area (TPSA) is 98.8 Å². The average molecular weight is 491 g/mol. The van der Waals surface area contributed by atoms with Crippen LogP contribution < -0.4 is 14.8 Å². The highest BCUT2D eigenvalue weighted by atomic mass is 16.7. The second kappa shape index (κ2) is 9.04. The molecular formula is C27H30N4O5. The lowest BCUT2D eigenvalue weighted by molar-refractivity contribution is -0.134. The number of furan rings is 1. The summed E-state index contributed by atoms with van der Waals surface area (Å²) >= 11 is 0. The smallest absolute Gasteiger partial charge is 0.273 e. The predicted molar refractivity (Wildman–Crippen MR) is 130 cm³/mol. The Bertz CT molecular complexity index is 1280. The van der Waals surface area contributed by atoms with Gasteiger partial charge in [0.25, 0.3) is 5.91 Å². The third-order valence-electron chi connectivity index (χ3n) is 7.53. The van der Waals surface area contributed by atoms with Crippen LogP contribution in [0, 0.1) is 0 Å². The third-order valence-corrected chi connectivity index (χ3v) is 7.53. The second-order valence-electron chi connectivity index (χ2n) is 10.1. The van der Waals surface area contributed by atoms with Crippen molar-refractivity contribution in [2.75, 3.05) is 6.79 Å².